The number of halogens is 2. The van der Waals surface area contributed by atoms with Gasteiger partial charge in [0.25, 0.3) is 11.8 Å². The monoisotopic (exact) mass is 268 g/mol. The van der Waals surface area contributed by atoms with Gasteiger partial charge in [0.1, 0.15) is 17.4 Å². The molecule has 2 aromatic rings. The van der Waals surface area contributed by atoms with E-state index in [0.717, 1.165) is 18.2 Å². The van der Waals surface area contributed by atoms with Crippen LogP contribution in [0.25, 0.3) is 0 Å². The number of amides is 1. The van der Waals surface area contributed by atoms with E-state index in [1.54, 1.807) is 6.92 Å². The summed E-state index contributed by atoms with van der Waals surface area (Å²) in [4.78, 5) is 11.5. The van der Waals surface area contributed by atoms with E-state index in [1.807, 2.05) is 0 Å². The van der Waals surface area contributed by atoms with Crippen LogP contribution in [0.3, 0.4) is 0 Å². The van der Waals surface area contributed by atoms with Gasteiger partial charge in [0, 0.05) is 12.1 Å². The summed E-state index contributed by atoms with van der Waals surface area (Å²) in [6.45, 7) is 1.28. The van der Waals surface area contributed by atoms with Gasteiger partial charge in [-0.3, -0.25) is 4.79 Å². The predicted molar refractivity (Wildman–Crippen MR) is 61.7 cm³/mol. The fourth-order valence-electron chi connectivity index (χ4n) is 1.33. The van der Waals surface area contributed by atoms with Crippen LogP contribution in [0.2, 0.25) is 0 Å². The highest BCUT2D eigenvalue weighted by Crippen LogP contribution is 2.15. The third-order valence-corrected chi connectivity index (χ3v) is 2.16. The molecule has 2 rings (SSSR count). The van der Waals surface area contributed by atoms with E-state index in [1.165, 1.54) is 6.07 Å². The van der Waals surface area contributed by atoms with Gasteiger partial charge in [-0.05, 0) is 24.2 Å². The van der Waals surface area contributed by atoms with Crippen molar-refractivity contribution in [1.29, 1.82) is 0 Å². The van der Waals surface area contributed by atoms with E-state index < -0.39 is 17.5 Å². The number of carbonyl (C=O) groups excluding carboxylic acids is 1. The second-order valence-electron chi connectivity index (χ2n) is 3.74. The van der Waals surface area contributed by atoms with Crippen molar-refractivity contribution in [3.8, 4) is 5.88 Å². The zero-order chi connectivity index (χ0) is 13.8. The molecule has 1 aromatic heterocycles. The van der Waals surface area contributed by atoms with Crippen LogP contribution in [-0.4, -0.2) is 17.7 Å². The van der Waals surface area contributed by atoms with Gasteiger partial charge in [-0.25, -0.2) is 8.78 Å². The minimum absolute atomic E-state index is 0.146. The van der Waals surface area contributed by atoms with Gasteiger partial charge < -0.3 is 14.6 Å². The molecular formula is C12H10F2N2O3. The third kappa shape index (κ3) is 3.51. The predicted octanol–water partition coefficient (Wildman–Crippen LogP) is 2.28. The summed E-state index contributed by atoms with van der Waals surface area (Å²) in [5.74, 6) is -1.33. The van der Waals surface area contributed by atoms with Crippen LogP contribution >= 0.6 is 0 Å². The summed E-state index contributed by atoms with van der Waals surface area (Å²) >= 11 is 0. The van der Waals surface area contributed by atoms with Crippen LogP contribution in [0.1, 0.15) is 5.76 Å². The molecule has 0 saturated heterocycles. The third-order valence-electron chi connectivity index (χ3n) is 2.16. The quantitative estimate of drug-likeness (QED) is 0.923. The summed E-state index contributed by atoms with van der Waals surface area (Å²) in [6, 6.07) is 4.26. The molecule has 0 atom stereocenters. The van der Waals surface area contributed by atoms with Crippen molar-refractivity contribution >= 4 is 11.6 Å². The fraction of sp³-hybridized carbons (Fsp3) is 0.167. The normalized spacial score (nSPS) is 10.3. The molecule has 0 aliphatic heterocycles. The van der Waals surface area contributed by atoms with Gasteiger partial charge in [0.2, 0.25) is 0 Å². The molecule has 0 aliphatic rings. The van der Waals surface area contributed by atoms with Crippen molar-refractivity contribution in [1.82, 2.24) is 5.16 Å². The maximum atomic E-state index is 13.2. The Morgan fingerprint density at radius 1 is 1.42 bits per heavy atom. The van der Waals surface area contributed by atoms with Crippen molar-refractivity contribution in [2.75, 3.05) is 11.9 Å². The lowest BCUT2D eigenvalue weighted by molar-refractivity contribution is -0.118. The van der Waals surface area contributed by atoms with Gasteiger partial charge in [-0.15, -0.1) is 0 Å². The molecule has 0 fully saturated rings. The first kappa shape index (κ1) is 13.0. The minimum Gasteiger partial charge on any atom is -0.465 e. The molecule has 1 aromatic carbocycles. The highest BCUT2D eigenvalue weighted by molar-refractivity contribution is 5.91. The summed E-state index contributed by atoms with van der Waals surface area (Å²) in [6.07, 6.45) is 0. The van der Waals surface area contributed by atoms with Crippen LogP contribution < -0.4 is 10.1 Å². The topological polar surface area (TPSA) is 64.4 Å². The molecule has 100 valence electrons. The van der Waals surface area contributed by atoms with E-state index >= 15 is 0 Å². The maximum Gasteiger partial charge on any atom is 0.262 e. The average molecular weight is 268 g/mol. The molecule has 19 heavy (non-hydrogen) atoms. The lowest BCUT2D eigenvalue weighted by Gasteiger charge is -2.06. The average Bonchev–Trinajstić information content (AvgIpc) is 2.77. The first-order valence-corrected chi connectivity index (χ1v) is 5.35. The summed E-state index contributed by atoms with van der Waals surface area (Å²) < 4.78 is 35.9. The number of hydrogen-bond donors (Lipinski definition) is 1. The first-order chi connectivity index (χ1) is 9.04. The number of anilines is 1. The number of nitrogens with one attached hydrogen (secondary N) is 1. The lowest BCUT2D eigenvalue weighted by atomic mass is 10.3. The van der Waals surface area contributed by atoms with Crippen molar-refractivity contribution in [2.24, 2.45) is 0 Å². The number of rotatable bonds is 4. The number of hydrogen-bond acceptors (Lipinski definition) is 4. The zero-order valence-corrected chi connectivity index (χ0v) is 9.94. The van der Waals surface area contributed by atoms with Gasteiger partial charge in [0.05, 0.1) is 5.69 Å². The number of aryl methyl sites for hydroxylation is 1. The van der Waals surface area contributed by atoms with Crippen LogP contribution in [0.5, 0.6) is 5.88 Å². The van der Waals surface area contributed by atoms with Gasteiger partial charge >= 0.3 is 0 Å². The maximum absolute atomic E-state index is 13.2. The molecule has 0 radical (unpaired) electrons. The van der Waals surface area contributed by atoms with Crippen molar-refractivity contribution in [3.63, 3.8) is 0 Å². The summed E-state index contributed by atoms with van der Waals surface area (Å²) in [5.41, 5.74) is -0.245. The number of benzene rings is 1. The number of carbonyl (C=O) groups is 1. The highest BCUT2D eigenvalue weighted by Gasteiger charge is 2.10. The molecule has 0 spiro atoms. The molecule has 5 nitrogen and oxygen atoms in total. The Morgan fingerprint density at radius 2 is 2.21 bits per heavy atom. The van der Waals surface area contributed by atoms with Crippen molar-refractivity contribution < 1.29 is 22.8 Å². The van der Waals surface area contributed by atoms with Crippen LogP contribution in [0, 0.1) is 18.6 Å². The van der Waals surface area contributed by atoms with Crippen LogP contribution in [-0.2, 0) is 4.79 Å². The largest absolute Gasteiger partial charge is 0.465 e. The molecule has 0 saturated carbocycles. The van der Waals surface area contributed by atoms with Gasteiger partial charge in [0.15, 0.2) is 6.61 Å². The molecule has 1 heterocycles. The van der Waals surface area contributed by atoms with Crippen molar-refractivity contribution in [2.45, 2.75) is 6.92 Å². The number of ether oxygens (including phenoxy) is 1. The number of nitrogens with zero attached hydrogens (tertiary/aromatic N) is 1. The Bertz CT molecular complexity index is 598. The lowest BCUT2D eigenvalue weighted by Crippen LogP contribution is -2.21. The Hall–Kier alpha value is -2.44. The molecular weight excluding hydrogens is 258 g/mol. The van der Waals surface area contributed by atoms with E-state index in [2.05, 4.69) is 10.5 Å². The molecule has 0 unspecified atom stereocenters. The molecule has 0 aliphatic carbocycles. The Morgan fingerprint density at radius 3 is 2.89 bits per heavy atom. The second-order valence-corrected chi connectivity index (χ2v) is 3.74. The SMILES string of the molecule is Cc1cc(OCC(=O)Nc2cc(F)ccc2F)no1. The summed E-state index contributed by atoms with van der Waals surface area (Å²) in [7, 11) is 0. The van der Waals surface area contributed by atoms with Crippen LogP contribution in [0.15, 0.2) is 28.8 Å². The Labute approximate surface area is 107 Å². The molecule has 1 N–H and O–H groups in total. The Balaban J connectivity index is 1.92. The molecule has 1 amide bonds. The summed E-state index contributed by atoms with van der Waals surface area (Å²) in [5, 5.41) is 5.71. The standard InChI is InChI=1S/C12H10F2N2O3/c1-7-4-12(16-19-7)18-6-11(17)15-10-5-8(13)2-3-9(10)14/h2-5H,6H2,1H3,(H,15,17). The highest BCUT2D eigenvalue weighted by atomic mass is 19.1. The fourth-order valence-corrected chi connectivity index (χ4v) is 1.33. The smallest absolute Gasteiger partial charge is 0.262 e. The number of aromatic nitrogens is 1. The Kier molecular flexibility index (Phi) is 3.74. The van der Waals surface area contributed by atoms with Gasteiger partial charge in [-0.1, -0.05) is 0 Å². The van der Waals surface area contributed by atoms with E-state index in [4.69, 9.17) is 9.26 Å². The van der Waals surface area contributed by atoms with Gasteiger partial charge in [-0.2, -0.15) is 0 Å². The zero-order valence-electron chi connectivity index (χ0n) is 9.94. The van der Waals surface area contributed by atoms with E-state index in [-0.39, 0.29) is 18.2 Å². The minimum atomic E-state index is -0.730. The molecule has 7 heteroatoms. The molecule has 0 bridgehead atoms. The van der Waals surface area contributed by atoms with E-state index in [0.29, 0.717) is 5.76 Å². The first-order valence-electron chi connectivity index (χ1n) is 5.35. The van der Waals surface area contributed by atoms with Crippen molar-refractivity contribution in [3.05, 3.63) is 41.7 Å². The van der Waals surface area contributed by atoms with Crippen LogP contribution in [0.4, 0.5) is 14.5 Å². The second kappa shape index (κ2) is 5.47. The van der Waals surface area contributed by atoms with E-state index in [9.17, 15) is 13.6 Å².